The number of nitro groups is 1. The summed E-state index contributed by atoms with van der Waals surface area (Å²) in [6, 6.07) is 1.55. The van der Waals surface area contributed by atoms with Crippen LogP contribution in [0.1, 0.15) is 0 Å². The van der Waals surface area contributed by atoms with E-state index >= 15 is 0 Å². The third-order valence-corrected chi connectivity index (χ3v) is 1.65. The van der Waals surface area contributed by atoms with Crippen molar-refractivity contribution in [3.8, 4) is 0 Å². The Kier molecular flexibility index (Phi) is 2.85. The van der Waals surface area contributed by atoms with E-state index in [4.69, 9.17) is 17.1 Å². The van der Waals surface area contributed by atoms with E-state index in [1.165, 1.54) is 0 Å². The summed E-state index contributed by atoms with van der Waals surface area (Å²) in [5.41, 5.74) is 7.11. The van der Waals surface area contributed by atoms with Crippen LogP contribution in [0.25, 0.3) is 10.4 Å². The van der Waals surface area contributed by atoms with Crippen molar-refractivity contribution in [3.63, 3.8) is 0 Å². The number of hydrogen-bond acceptors (Lipinski definition) is 3. The Hall–Kier alpha value is -1.85. The summed E-state index contributed by atoms with van der Waals surface area (Å²) in [6.45, 7) is 0. The Morgan fingerprint density at radius 1 is 1.64 bits per heavy atom. The molecule has 14 heavy (non-hydrogen) atoms. The summed E-state index contributed by atoms with van der Waals surface area (Å²) in [4.78, 5) is 11.8. The van der Waals surface area contributed by atoms with Gasteiger partial charge in [-0.1, -0.05) is 16.7 Å². The van der Waals surface area contributed by atoms with Crippen molar-refractivity contribution in [2.24, 2.45) is 5.11 Å². The van der Waals surface area contributed by atoms with Gasteiger partial charge in [-0.2, -0.15) is 0 Å². The molecule has 0 saturated heterocycles. The van der Waals surface area contributed by atoms with Gasteiger partial charge in [0.1, 0.15) is 5.82 Å². The van der Waals surface area contributed by atoms with Gasteiger partial charge < -0.3 is 0 Å². The molecule has 0 heterocycles. The first kappa shape index (κ1) is 10.2. The van der Waals surface area contributed by atoms with E-state index in [2.05, 4.69) is 10.0 Å². The standard InChI is InChI=1S/C6H2ClFN4O2/c7-4-1-3(12(13)14)2-5(8)6(4)10-11-9/h1-2H. The molecule has 0 amide bonds. The van der Waals surface area contributed by atoms with Crippen molar-refractivity contribution in [2.75, 3.05) is 0 Å². The van der Waals surface area contributed by atoms with Crippen LogP contribution < -0.4 is 0 Å². The summed E-state index contributed by atoms with van der Waals surface area (Å²) in [5.74, 6) is -1.03. The van der Waals surface area contributed by atoms with Crippen molar-refractivity contribution >= 4 is 23.0 Å². The fourth-order valence-electron chi connectivity index (χ4n) is 0.798. The predicted octanol–water partition coefficient (Wildman–Crippen LogP) is 3.33. The van der Waals surface area contributed by atoms with Gasteiger partial charge in [0, 0.05) is 11.0 Å². The van der Waals surface area contributed by atoms with Crippen molar-refractivity contribution in [3.05, 3.63) is 43.5 Å². The lowest BCUT2D eigenvalue weighted by Crippen LogP contribution is -1.89. The van der Waals surface area contributed by atoms with Crippen LogP contribution in [-0.2, 0) is 0 Å². The van der Waals surface area contributed by atoms with Gasteiger partial charge in [0.2, 0.25) is 0 Å². The molecule has 1 aromatic carbocycles. The minimum Gasteiger partial charge on any atom is -0.258 e. The molecule has 0 atom stereocenters. The number of benzene rings is 1. The first-order valence-electron chi connectivity index (χ1n) is 3.25. The van der Waals surface area contributed by atoms with Crippen LogP contribution in [0.15, 0.2) is 17.2 Å². The molecule has 0 aliphatic rings. The number of nitro benzene ring substituents is 1. The topological polar surface area (TPSA) is 91.9 Å². The number of non-ortho nitro benzene ring substituents is 1. The zero-order valence-corrected chi connectivity index (χ0v) is 7.27. The molecule has 0 radical (unpaired) electrons. The van der Waals surface area contributed by atoms with Crippen molar-refractivity contribution < 1.29 is 9.31 Å². The molecule has 0 fully saturated rings. The van der Waals surface area contributed by atoms with Crippen LogP contribution in [0.4, 0.5) is 15.8 Å². The fraction of sp³-hybridized carbons (Fsp3) is 0. The highest BCUT2D eigenvalue weighted by atomic mass is 35.5. The lowest BCUT2D eigenvalue weighted by molar-refractivity contribution is -0.385. The quantitative estimate of drug-likeness (QED) is 0.249. The van der Waals surface area contributed by atoms with E-state index in [1.807, 2.05) is 0 Å². The minimum absolute atomic E-state index is 0.297. The summed E-state index contributed by atoms with van der Waals surface area (Å²) in [7, 11) is 0. The Morgan fingerprint density at radius 3 is 2.71 bits per heavy atom. The second-order valence-electron chi connectivity index (χ2n) is 2.20. The van der Waals surface area contributed by atoms with Crippen LogP contribution in [0.2, 0.25) is 5.02 Å². The van der Waals surface area contributed by atoms with Crippen molar-refractivity contribution in [1.82, 2.24) is 0 Å². The SMILES string of the molecule is [N-]=[N+]=Nc1c(F)cc([N+](=O)[O-])cc1Cl. The second-order valence-corrected chi connectivity index (χ2v) is 2.61. The zero-order valence-electron chi connectivity index (χ0n) is 6.52. The summed E-state index contributed by atoms with van der Waals surface area (Å²) in [6.07, 6.45) is 0. The lowest BCUT2D eigenvalue weighted by atomic mass is 10.3. The van der Waals surface area contributed by atoms with Crippen LogP contribution in [-0.4, -0.2) is 4.92 Å². The first-order valence-corrected chi connectivity index (χ1v) is 3.62. The van der Waals surface area contributed by atoms with Crippen LogP contribution in [0, 0.1) is 15.9 Å². The molecular weight excluding hydrogens is 215 g/mol. The maximum atomic E-state index is 13.0. The molecule has 0 bridgehead atoms. The molecule has 0 unspecified atom stereocenters. The van der Waals surface area contributed by atoms with E-state index in [0.29, 0.717) is 6.07 Å². The summed E-state index contributed by atoms with van der Waals surface area (Å²) < 4.78 is 13.0. The van der Waals surface area contributed by atoms with E-state index in [0.717, 1.165) is 6.07 Å². The molecular formula is C6H2ClFN4O2. The van der Waals surface area contributed by atoms with Gasteiger partial charge in [0.05, 0.1) is 21.7 Å². The number of hydrogen-bond donors (Lipinski definition) is 0. The molecule has 6 nitrogen and oxygen atoms in total. The zero-order chi connectivity index (χ0) is 10.7. The average molecular weight is 217 g/mol. The maximum Gasteiger partial charge on any atom is 0.273 e. The second kappa shape index (κ2) is 3.91. The van der Waals surface area contributed by atoms with Crippen LogP contribution >= 0.6 is 11.6 Å². The highest BCUT2D eigenvalue weighted by Crippen LogP contribution is 2.32. The van der Waals surface area contributed by atoms with Gasteiger partial charge in [-0.15, -0.1) is 0 Å². The number of rotatable bonds is 2. The van der Waals surface area contributed by atoms with E-state index in [9.17, 15) is 14.5 Å². The van der Waals surface area contributed by atoms with Crippen molar-refractivity contribution in [2.45, 2.75) is 0 Å². The Bertz CT molecular complexity index is 420. The van der Waals surface area contributed by atoms with E-state index in [1.54, 1.807) is 0 Å². The molecule has 0 aliphatic carbocycles. The molecule has 0 N–H and O–H groups in total. The molecule has 0 aliphatic heterocycles. The molecule has 1 aromatic rings. The largest absolute Gasteiger partial charge is 0.273 e. The summed E-state index contributed by atoms with van der Waals surface area (Å²) >= 11 is 5.45. The molecule has 1 rings (SSSR count). The molecule has 72 valence electrons. The van der Waals surface area contributed by atoms with Gasteiger partial charge in [-0.3, -0.25) is 10.1 Å². The van der Waals surface area contributed by atoms with Crippen LogP contribution in [0.5, 0.6) is 0 Å². The van der Waals surface area contributed by atoms with Crippen molar-refractivity contribution in [1.29, 1.82) is 0 Å². The van der Waals surface area contributed by atoms with Gasteiger partial charge in [0.15, 0.2) is 0 Å². The van der Waals surface area contributed by atoms with Gasteiger partial charge >= 0.3 is 0 Å². The smallest absolute Gasteiger partial charge is 0.258 e. The minimum atomic E-state index is -1.03. The van der Waals surface area contributed by atoms with Gasteiger partial charge in [-0.25, -0.2) is 4.39 Å². The lowest BCUT2D eigenvalue weighted by Gasteiger charge is -1.98. The fourth-order valence-corrected chi connectivity index (χ4v) is 1.04. The average Bonchev–Trinajstić information content (AvgIpc) is 2.10. The maximum absolute atomic E-state index is 13.0. The van der Waals surface area contributed by atoms with Gasteiger partial charge in [0.25, 0.3) is 5.69 Å². The van der Waals surface area contributed by atoms with E-state index < -0.39 is 22.1 Å². The van der Waals surface area contributed by atoms with Crippen LogP contribution in [0.3, 0.4) is 0 Å². The Labute approximate surface area is 81.7 Å². The molecule has 0 aromatic heterocycles. The monoisotopic (exact) mass is 216 g/mol. The highest BCUT2D eigenvalue weighted by molar-refractivity contribution is 6.33. The normalized spacial score (nSPS) is 9.29. The number of azide groups is 1. The Morgan fingerprint density at radius 2 is 2.29 bits per heavy atom. The Balaban J connectivity index is 3.39. The molecule has 0 spiro atoms. The summed E-state index contributed by atoms with van der Waals surface area (Å²) in [5, 5.41) is 12.9. The molecule has 8 heteroatoms. The molecule has 0 saturated carbocycles. The first-order chi connectivity index (χ1) is 6.56. The van der Waals surface area contributed by atoms with Gasteiger partial charge in [-0.05, 0) is 5.53 Å². The third kappa shape index (κ3) is 1.90. The highest BCUT2D eigenvalue weighted by Gasteiger charge is 2.14. The number of halogens is 2. The van der Waals surface area contributed by atoms with E-state index in [-0.39, 0.29) is 5.02 Å². The third-order valence-electron chi connectivity index (χ3n) is 1.36. The predicted molar refractivity (Wildman–Crippen MR) is 46.9 cm³/mol. The number of nitrogens with zero attached hydrogens (tertiary/aromatic N) is 4.